The minimum absolute atomic E-state index is 0.748. The van der Waals surface area contributed by atoms with Crippen LogP contribution in [0.2, 0.25) is 5.02 Å². The zero-order chi connectivity index (χ0) is 17.6. The fourth-order valence-corrected chi connectivity index (χ4v) is 3.86. The van der Waals surface area contributed by atoms with Crippen molar-refractivity contribution in [2.24, 2.45) is 0 Å². The van der Waals surface area contributed by atoms with Crippen LogP contribution in [0.1, 0.15) is 23.9 Å². The highest BCUT2D eigenvalue weighted by atomic mass is 35.5. The Balaban J connectivity index is 1.73. The van der Waals surface area contributed by atoms with E-state index >= 15 is 0 Å². The molecule has 0 spiro atoms. The molecule has 0 unspecified atom stereocenters. The molecule has 2 aromatic carbocycles. The van der Waals surface area contributed by atoms with E-state index in [-0.39, 0.29) is 0 Å². The molecule has 0 aliphatic carbocycles. The predicted molar refractivity (Wildman–Crippen MR) is 103 cm³/mol. The molecule has 0 radical (unpaired) electrons. The zero-order valence-corrected chi connectivity index (χ0v) is 15.8. The molecule has 0 saturated carbocycles. The smallest absolute Gasteiger partial charge is 0.191 e. The van der Waals surface area contributed by atoms with Crippen LogP contribution >= 0.6 is 23.4 Å². The van der Waals surface area contributed by atoms with E-state index in [1.54, 1.807) is 18.9 Å². The van der Waals surface area contributed by atoms with Gasteiger partial charge in [0.05, 0.1) is 7.11 Å². The van der Waals surface area contributed by atoms with Crippen LogP contribution < -0.4 is 4.74 Å². The zero-order valence-electron chi connectivity index (χ0n) is 14.3. The number of ether oxygens (including phenoxy) is 1. The molecular formula is C19H20ClN3OS. The molecule has 0 atom stereocenters. The molecule has 0 bridgehead atoms. The van der Waals surface area contributed by atoms with Crippen LogP contribution in [0.15, 0.2) is 53.7 Å². The molecule has 0 aliphatic heterocycles. The summed E-state index contributed by atoms with van der Waals surface area (Å²) in [5.41, 5.74) is 2.29. The molecule has 0 amide bonds. The van der Waals surface area contributed by atoms with Gasteiger partial charge in [0.25, 0.3) is 0 Å². The van der Waals surface area contributed by atoms with E-state index in [4.69, 9.17) is 16.3 Å². The van der Waals surface area contributed by atoms with Gasteiger partial charge in [-0.05, 0) is 36.2 Å². The highest BCUT2D eigenvalue weighted by Crippen LogP contribution is 2.26. The minimum atomic E-state index is 0.748. The molecule has 130 valence electrons. The van der Waals surface area contributed by atoms with Crippen molar-refractivity contribution in [1.82, 2.24) is 14.8 Å². The Morgan fingerprint density at radius 2 is 1.84 bits per heavy atom. The van der Waals surface area contributed by atoms with E-state index in [0.29, 0.717) is 0 Å². The Bertz CT molecular complexity index is 833. The fourth-order valence-electron chi connectivity index (χ4n) is 2.56. The lowest BCUT2D eigenvalue weighted by Crippen LogP contribution is -2.04. The van der Waals surface area contributed by atoms with Crippen LogP contribution in [0.25, 0.3) is 0 Å². The second-order valence-electron chi connectivity index (χ2n) is 5.55. The topological polar surface area (TPSA) is 39.9 Å². The number of nitrogens with zero attached hydrogens (tertiary/aromatic N) is 3. The monoisotopic (exact) mass is 373 g/mol. The predicted octanol–water partition coefficient (Wildman–Crippen LogP) is 4.84. The van der Waals surface area contributed by atoms with Gasteiger partial charge in [-0.15, -0.1) is 10.2 Å². The van der Waals surface area contributed by atoms with Gasteiger partial charge in [-0.2, -0.15) is 0 Å². The van der Waals surface area contributed by atoms with E-state index < -0.39 is 0 Å². The quantitative estimate of drug-likeness (QED) is 0.555. The Labute approximate surface area is 157 Å². The SMILES string of the molecule is CCn1c(Cc2ccc(OC)cc2)nnc1SCc1ccccc1Cl. The lowest BCUT2D eigenvalue weighted by molar-refractivity contribution is 0.414. The molecule has 3 aromatic rings. The van der Waals surface area contributed by atoms with Crippen molar-refractivity contribution < 1.29 is 4.74 Å². The summed E-state index contributed by atoms with van der Waals surface area (Å²) in [4.78, 5) is 0. The normalized spacial score (nSPS) is 10.8. The van der Waals surface area contributed by atoms with Crippen molar-refractivity contribution in [3.8, 4) is 5.75 Å². The van der Waals surface area contributed by atoms with Crippen LogP contribution in [0, 0.1) is 0 Å². The van der Waals surface area contributed by atoms with Gasteiger partial charge < -0.3 is 9.30 Å². The van der Waals surface area contributed by atoms with Gasteiger partial charge in [0.2, 0.25) is 0 Å². The maximum absolute atomic E-state index is 6.23. The minimum Gasteiger partial charge on any atom is -0.497 e. The van der Waals surface area contributed by atoms with E-state index in [9.17, 15) is 0 Å². The van der Waals surface area contributed by atoms with Crippen molar-refractivity contribution in [3.05, 3.63) is 70.5 Å². The molecule has 0 saturated heterocycles. The molecule has 0 fully saturated rings. The van der Waals surface area contributed by atoms with Gasteiger partial charge in [-0.1, -0.05) is 53.7 Å². The Kier molecular flexibility index (Phi) is 6.00. The third-order valence-corrected chi connectivity index (χ3v) is 5.33. The summed E-state index contributed by atoms with van der Waals surface area (Å²) in [6.07, 6.45) is 0.748. The average Bonchev–Trinajstić information content (AvgIpc) is 3.03. The molecule has 3 rings (SSSR count). The first-order valence-corrected chi connectivity index (χ1v) is 9.48. The molecule has 6 heteroatoms. The van der Waals surface area contributed by atoms with Gasteiger partial charge >= 0.3 is 0 Å². The van der Waals surface area contributed by atoms with E-state index in [1.807, 2.05) is 36.4 Å². The number of methoxy groups -OCH3 is 1. The van der Waals surface area contributed by atoms with Crippen LogP contribution in [0.4, 0.5) is 0 Å². The Morgan fingerprint density at radius 3 is 2.52 bits per heavy atom. The molecular weight excluding hydrogens is 354 g/mol. The molecule has 25 heavy (non-hydrogen) atoms. The fraction of sp³-hybridized carbons (Fsp3) is 0.263. The molecule has 0 N–H and O–H groups in total. The summed E-state index contributed by atoms with van der Waals surface area (Å²) in [6.45, 7) is 2.95. The third kappa shape index (κ3) is 4.35. The maximum Gasteiger partial charge on any atom is 0.191 e. The third-order valence-electron chi connectivity index (χ3n) is 3.95. The van der Waals surface area contributed by atoms with Crippen LogP contribution in [-0.2, 0) is 18.7 Å². The van der Waals surface area contributed by atoms with Gasteiger partial charge in [-0.3, -0.25) is 0 Å². The average molecular weight is 374 g/mol. The van der Waals surface area contributed by atoms with Crippen LogP contribution in [0.5, 0.6) is 5.75 Å². The lowest BCUT2D eigenvalue weighted by atomic mass is 10.1. The van der Waals surface area contributed by atoms with Crippen molar-refractivity contribution >= 4 is 23.4 Å². The first-order valence-electron chi connectivity index (χ1n) is 8.12. The Hall–Kier alpha value is -1.98. The summed E-state index contributed by atoms with van der Waals surface area (Å²) >= 11 is 7.90. The van der Waals surface area contributed by atoms with Gasteiger partial charge in [0.1, 0.15) is 11.6 Å². The van der Waals surface area contributed by atoms with E-state index in [0.717, 1.165) is 46.0 Å². The second-order valence-corrected chi connectivity index (χ2v) is 6.90. The van der Waals surface area contributed by atoms with Crippen molar-refractivity contribution in [3.63, 3.8) is 0 Å². The summed E-state index contributed by atoms with van der Waals surface area (Å²) in [5, 5.41) is 10.5. The number of rotatable bonds is 7. The first-order chi connectivity index (χ1) is 12.2. The maximum atomic E-state index is 6.23. The van der Waals surface area contributed by atoms with Gasteiger partial charge in [-0.25, -0.2) is 0 Å². The number of hydrogen-bond acceptors (Lipinski definition) is 4. The molecule has 1 aromatic heterocycles. The van der Waals surface area contributed by atoms with Gasteiger partial charge in [0, 0.05) is 23.7 Å². The van der Waals surface area contributed by atoms with Crippen molar-refractivity contribution in [2.45, 2.75) is 30.8 Å². The van der Waals surface area contributed by atoms with Crippen molar-refractivity contribution in [1.29, 1.82) is 0 Å². The highest BCUT2D eigenvalue weighted by Gasteiger charge is 2.12. The number of halogens is 1. The molecule has 1 heterocycles. The summed E-state index contributed by atoms with van der Waals surface area (Å²) < 4.78 is 7.36. The van der Waals surface area contributed by atoms with Gasteiger partial charge in [0.15, 0.2) is 5.16 Å². The number of thioether (sulfide) groups is 1. The van der Waals surface area contributed by atoms with Crippen LogP contribution in [0.3, 0.4) is 0 Å². The summed E-state index contributed by atoms with van der Waals surface area (Å²) in [5.74, 6) is 2.60. The Morgan fingerprint density at radius 1 is 1.08 bits per heavy atom. The number of benzene rings is 2. The van der Waals surface area contributed by atoms with Crippen molar-refractivity contribution in [2.75, 3.05) is 7.11 Å². The van der Waals surface area contributed by atoms with Crippen LogP contribution in [-0.4, -0.2) is 21.9 Å². The summed E-state index contributed by atoms with van der Waals surface area (Å²) in [7, 11) is 1.67. The van der Waals surface area contributed by atoms with E-state index in [1.165, 1.54) is 5.56 Å². The second kappa shape index (κ2) is 8.41. The first kappa shape index (κ1) is 17.8. The molecule has 4 nitrogen and oxygen atoms in total. The largest absolute Gasteiger partial charge is 0.497 e. The van der Waals surface area contributed by atoms with E-state index in [2.05, 4.69) is 33.8 Å². The number of aromatic nitrogens is 3. The lowest BCUT2D eigenvalue weighted by Gasteiger charge is -2.08. The number of hydrogen-bond donors (Lipinski definition) is 0. The summed E-state index contributed by atoms with van der Waals surface area (Å²) in [6, 6.07) is 16.0. The highest BCUT2D eigenvalue weighted by molar-refractivity contribution is 7.98. The standard InChI is InChI=1S/C19H20ClN3OS/c1-3-23-18(12-14-8-10-16(24-2)11-9-14)21-22-19(23)25-13-15-6-4-5-7-17(15)20/h4-11H,3,12-13H2,1-2H3. The molecule has 0 aliphatic rings.